The molecule has 0 spiro atoms. The summed E-state index contributed by atoms with van der Waals surface area (Å²) in [6.07, 6.45) is 7.64. The molecule has 0 saturated heterocycles. The van der Waals surface area contributed by atoms with Gasteiger partial charge in [0.25, 0.3) is 0 Å². The highest BCUT2D eigenvalue weighted by Crippen LogP contribution is 2.17. The number of halogens is 1. The van der Waals surface area contributed by atoms with Crippen molar-refractivity contribution in [2.45, 2.75) is 51.0 Å². The van der Waals surface area contributed by atoms with E-state index >= 15 is 0 Å². The number of benzene rings is 1. The van der Waals surface area contributed by atoms with Crippen LogP contribution in [-0.4, -0.2) is 17.1 Å². The molecule has 1 saturated carbocycles. The van der Waals surface area contributed by atoms with Gasteiger partial charge in [-0.1, -0.05) is 49.4 Å². The first-order valence-corrected chi connectivity index (χ1v) is 8.27. The monoisotopic (exact) mass is 324 g/mol. The van der Waals surface area contributed by atoms with Crippen LogP contribution < -0.4 is 10.6 Å². The molecule has 1 amide bonds. The minimum atomic E-state index is -0.0940. The standard InChI is InChI=1S/C16H21ClN2OS/c17-13-9-7-12(8-10-13)11-15(20)19-16(21)18-14-5-3-1-2-4-6-14/h7-10,14H,1-6,11H2,(H2,18,19,20,21). The van der Waals surface area contributed by atoms with Gasteiger partial charge in [-0.25, -0.2) is 0 Å². The van der Waals surface area contributed by atoms with Gasteiger partial charge < -0.3 is 10.6 Å². The van der Waals surface area contributed by atoms with Crippen LogP contribution in [0.4, 0.5) is 0 Å². The molecule has 1 aliphatic rings. The molecule has 1 aromatic rings. The SMILES string of the molecule is O=C(Cc1ccc(Cl)cc1)NC(=S)NC1CCCCCC1. The molecule has 2 rings (SSSR count). The molecule has 114 valence electrons. The van der Waals surface area contributed by atoms with E-state index in [9.17, 15) is 4.79 Å². The molecule has 0 bridgehead atoms. The summed E-state index contributed by atoms with van der Waals surface area (Å²) < 4.78 is 0. The molecule has 1 fully saturated rings. The van der Waals surface area contributed by atoms with E-state index in [1.807, 2.05) is 12.1 Å². The maximum absolute atomic E-state index is 11.9. The van der Waals surface area contributed by atoms with Crippen molar-refractivity contribution in [2.75, 3.05) is 0 Å². The summed E-state index contributed by atoms with van der Waals surface area (Å²) in [4.78, 5) is 11.9. The zero-order valence-corrected chi connectivity index (χ0v) is 13.6. The first-order valence-electron chi connectivity index (χ1n) is 7.48. The van der Waals surface area contributed by atoms with Gasteiger partial charge in [0, 0.05) is 11.1 Å². The van der Waals surface area contributed by atoms with Crippen LogP contribution >= 0.6 is 23.8 Å². The fourth-order valence-electron chi connectivity index (χ4n) is 2.60. The lowest BCUT2D eigenvalue weighted by Crippen LogP contribution is -2.44. The summed E-state index contributed by atoms with van der Waals surface area (Å²) in [5.74, 6) is -0.0940. The van der Waals surface area contributed by atoms with Crippen LogP contribution in [0.1, 0.15) is 44.1 Å². The highest BCUT2D eigenvalue weighted by Gasteiger charge is 2.14. The van der Waals surface area contributed by atoms with E-state index in [4.69, 9.17) is 23.8 Å². The van der Waals surface area contributed by atoms with Gasteiger partial charge in [-0.2, -0.15) is 0 Å². The van der Waals surface area contributed by atoms with Gasteiger partial charge in [0.2, 0.25) is 5.91 Å². The van der Waals surface area contributed by atoms with Crippen molar-refractivity contribution in [2.24, 2.45) is 0 Å². The third-order valence-corrected chi connectivity index (χ3v) is 4.19. The van der Waals surface area contributed by atoms with Crippen LogP contribution in [0.3, 0.4) is 0 Å². The molecular formula is C16H21ClN2OS. The van der Waals surface area contributed by atoms with Crippen molar-refractivity contribution in [3.63, 3.8) is 0 Å². The Kier molecular flexibility index (Phi) is 6.46. The molecule has 0 atom stereocenters. The molecule has 0 aromatic heterocycles. The molecule has 3 nitrogen and oxygen atoms in total. The summed E-state index contributed by atoms with van der Waals surface area (Å²) in [5.41, 5.74) is 0.925. The van der Waals surface area contributed by atoms with E-state index in [1.54, 1.807) is 12.1 Å². The van der Waals surface area contributed by atoms with Crippen molar-refractivity contribution in [1.82, 2.24) is 10.6 Å². The minimum Gasteiger partial charge on any atom is -0.360 e. The fraction of sp³-hybridized carbons (Fsp3) is 0.500. The Labute approximate surface area is 136 Å². The summed E-state index contributed by atoms with van der Waals surface area (Å²) in [7, 11) is 0. The third kappa shape index (κ3) is 6.02. The van der Waals surface area contributed by atoms with Gasteiger partial charge in [0.15, 0.2) is 5.11 Å². The Balaban J connectivity index is 1.76. The maximum Gasteiger partial charge on any atom is 0.230 e. The number of rotatable bonds is 3. The van der Waals surface area contributed by atoms with Gasteiger partial charge in [-0.15, -0.1) is 0 Å². The van der Waals surface area contributed by atoms with Gasteiger partial charge in [-0.05, 0) is 42.8 Å². The Morgan fingerprint density at radius 3 is 2.38 bits per heavy atom. The molecule has 5 heteroatoms. The predicted molar refractivity (Wildman–Crippen MR) is 90.5 cm³/mol. The summed E-state index contributed by atoms with van der Waals surface area (Å²) >= 11 is 11.1. The zero-order valence-electron chi connectivity index (χ0n) is 12.0. The number of hydrogen-bond donors (Lipinski definition) is 2. The summed E-state index contributed by atoms with van der Waals surface area (Å²) in [6.45, 7) is 0. The average molecular weight is 325 g/mol. The lowest BCUT2D eigenvalue weighted by molar-refractivity contribution is -0.119. The van der Waals surface area contributed by atoms with E-state index in [0.717, 1.165) is 18.4 Å². The molecule has 0 aliphatic heterocycles. The lowest BCUT2D eigenvalue weighted by atomic mass is 10.1. The Bertz CT molecular complexity index is 482. The van der Waals surface area contributed by atoms with Crippen LogP contribution in [0.15, 0.2) is 24.3 Å². The quantitative estimate of drug-likeness (QED) is 0.659. The van der Waals surface area contributed by atoms with Crippen molar-refractivity contribution in [1.29, 1.82) is 0 Å². The van der Waals surface area contributed by atoms with Gasteiger partial charge in [0.05, 0.1) is 6.42 Å². The van der Waals surface area contributed by atoms with Crippen molar-refractivity contribution < 1.29 is 4.79 Å². The predicted octanol–water partition coefficient (Wildman–Crippen LogP) is 3.60. The van der Waals surface area contributed by atoms with E-state index in [2.05, 4.69) is 10.6 Å². The maximum atomic E-state index is 11.9. The van der Waals surface area contributed by atoms with Crippen molar-refractivity contribution in [3.8, 4) is 0 Å². The first kappa shape index (κ1) is 16.2. The van der Waals surface area contributed by atoms with E-state index in [0.29, 0.717) is 22.6 Å². The summed E-state index contributed by atoms with van der Waals surface area (Å²) in [5, 5.41) is 7.14. The molecule has 0 heterocycles. The normalized spacial score (nSPS) is 16.0. The second-order valence-electron chi connectivity index (χ2n) is 5.51. The van der Waals surface area contributed by atoms with E-state index in [-0.39, 0.29) is 5.91 Å². The number of carbonyl (C=O) groups is 1. The number of hydrogen-bond acceptors (Lipinski definition) is 2. The van der Waals surface area contributed by atoms with Gasteiger partial charge in [-0.3, -0.25) is 4.79 Å². The Morgan fingerprint density at radius 1 is 1.14 bits per heavy atom. The highest BCUT2D eigenvalue weighted by molar-refractivity contribution is 7.80. The lowest BCUT2D eigenvalue weighted by Gasteiger charge is -2.18. The minimum absolute atomic E-state index is 0.0940. The number of thiocarbonyl (C=S) groups is 1. The van der Waals surface area contributed by atoms with E-state index < -0.39 is 0 Å². The molecule has 21 heavy (non-hydrogen) atoms. The van der Waals surface area contributed by atoms with Crippen LogP contribution in [0, 0.1) is 0 Å². The molecule has 0 unspecified atom stereocenters. The van der Waals surface area contributed by atoms with Gasteiger partial charge >= 0.3 is 0 Å². The Hall–Kier alpha value is -1.13. The molecule has 1 aromatic carbocycles. The van der Waals surface area contributed by atoms with Crippen LogP contribution in [0.5, 0.6) is 0 Å². The Morgan fingerprint density at radius 2 is 1.76 bits per heavy atom. The van der Waals surface area contributed by atoms with Crippen molar-refractivity contribution in [3.05, 3.63) is 34.9 Å². The summed E-state index contributed by atoms with van der Waals surface area (Å²) in [6, 6.07) is 7.67. The third-order valence-electron chi connectivity index (χ3n) is 3.72. The number of carbonyl (C=O) groups excluding carboxylic acids is 1. The fourth-order valence-corrected chi connectivity index (χ4v) is 3.01. The number of amides is 1. The topological polar surface area (TPSA) is 41.1 Å². The molecule has 1 aliphatic carbocycles. The van der Waals surface area contributed by atoms with Gasteiger partial charge in [0.1, 0.15) is 0 Å². The molecule has 2 N–H and O–H groups in total. The molecular weight excluding hydrogens is 304 g/mol. The number of nitrogens with one attached hydrogen (secondary N) is 2. The second-order valence-corrected chi connectivity index (χ2v) is 6.36. The van der Waals surface area contributed by atoms with Crippen molar-refractivity contribution >= 4 is 34.8 Å². The first-order chi connectivity index (χ1) is 10.1. The average Bonchev–Trinajstić information content (AvgIpc) is 2.69. The van der Waals surface area contributed by atoms with Crippen LogP contribution in [-0.2, 0) is 11.2 Å². The van der Waals surface area contributed by atoms with Crippen LogP contribution in [0.2, 0.25) is 5.02 Å². The second kappa shape index (κ2) is 8.35. The van der Waals surface area contributed by atoms with E-state index in [1.165, 1.54) is 25.7 Å². The zero-order chi connectivity index (χ0) is 15.1. The highest BCUT2D eigenvalue weighted by atomic mass is 35.5. The smallest absolute Gasteiger partial charge is 0.230 e. The largest absolute Gasteiger partial charge is 0.360 e. The molecule has 0 radical (unpaired) electrons. The van der Waals surface area contributed by atoms with Crippen LogP contribution in [0.25, 0.3) is 0 Å².